The topological polar surface area (TPSA) is 3.24 Å². The van der Waals surface area contributed by atoms with Crippen molar-refractivity contribution in [3.05, 3.63) is 248 Å². The summed E-state index contributed by atoms with van der Waals surface area (Å²) in [6.07, 6.45) is 0. The van der Waals surface area contributed by atoms with Crippen LogP contribution in [-0.2, 0) is 5.41 Å². The Morgan fingerprint density at radius 2 is 0.726 bits per heavy atom. The zero-order valence-corrected chi connectivity index (χ0v) is 35.0. The lowest BCUT2D eigenvalue weighted by Crippen LogP contribution is -2.14. The van der Waals surface area contributed by atoms with Gasteiger partial charge in [0.05, 0.1) is 0 Å². The van der Waals surface area contributed by atoms with Gasteiger partial charge in [-0.15, -0.1) is 0 Å². The predicted molar refractivity (Wildman–Crippen MR) is 263 cm³/mol. The predicted octanol–water partition coefficient (Wildman–Crippen LogP) is 17.0. The molecule has 1 aliphatic rings. The number of benzene rings is 10. The van der Waals surface area contributed by atoms with Gasteiger partial charge in [0.1, 0.15) is 0 Å². The van der Waals surface area contributed by atoms with Crippen LogP contribution in [0, 0.1) is 0 Å². The Hall–Kier alpha value is -7.74. The molecule has 0 atom stereocenters. The van der Waals surface area contributed by atoms with Crippen LogP contribution in [0.5, 0.6) is 0 Å². The normalized spacial score (nSPS) is 12.5. The van der Waals surface area contributed by atoms with Crippen molar-refractivity contribution >= 4 is 27.8 Å². The van der Waals surface area contributed by atoms with E-state index in [1.54, 1.807) is 0 Å². The first-order chi connectivity index (χ1) is 30.5. The third-order valence-corrected chi connectivity index (χ3v) is 12.9. The summed E-state index contributed by atoms with van der Waals surface area (Å²) in [6.45, 7) is 4.70. The molecule has 0 saturated carbocycles. The van der Waals surface area contributed by atoms with Crippen LogP contribution in [0.1, 0.15) is 25.0 Å². The molecule has 294 valence electrons. The van der Waals surface area contributed by atoms with Gasteiger partial charge in [0.15, 0.2) is 0 Å². The fourth-order valence-corrected chi connectivity index (χ4v) is 9.62. The van der Waals surface area contributed by atoms with Gasteiger partial charge in [0.2, 0.25) is 0 Å². The summed E-state index contributed by atoms with van der Waals surface area (Å²) in [5.74, 6) is 0. The van der Waals surface area contributed by atoms with E-state index >= 15 is 0 Å². The Bertz CT molecular complexity index is 3170. The van der Waals surface area contributed by atoms with Gasteiger partial charge < -0.3 is 4.90 Å². The molecule has 0 heterocycles. The standard InChI is InChI=1S/C61H45N/c1-61(2)59-26-12-11-24-57(59)58-36-31-48(41-60(58)61)45-29-34-53(35-30-45)62(54-39-50(42-15-5-3-6-16-42)38-51(40-54)43-17-7-4-8-18-43)52-32-27-44(28-33-52)47-21-13-22-49(37-47)56-25-14-20-46-19-9-10-23-55(46)56/h3-41H,1-2H3. The van der Waals surface area contributed by atoms with E-state index in [1.807, 2.05) is 0 Å². The smallest absolute Gasteiger partial charge is 0.0473 e. The maximum atomic E-state index is 2.41. The van der Waals surface area contributed by atoms with E-state index in [2.05, 4.69) is 255 Å². The number of hydrogen-bond donors (Lipinski definition) is 0. The minimum atomic E-state index is -0.0533. The Labute approximate surface area is 364 Å². The van der Waals surface area contributed by atoms with Crippen LogP contribution in [-0.4, -0.2) is 0 Å². The van der Waals surface area contributed by atoms with Crippen molar-refractivity contribution in [1.82, 2.24) is 0 Å². The summed E-state index contributed by atoms with van der Waals surface area (Å²) in [5.41, 5.74) is 20.7. The van der Waals surface area contributed by atoms with Crippen molar-refractivity contribution in [2.75, 3.05) is 4.90 Å². The zero-order chi connectivity index (χ0) is 41.6. The molecule has 0 amide bonds. The van der Waals surface area contributed by atoms with Crippen molar-refractivity contribution in [2.45, 2.75) is 19.3 Å². The summed E-state index contributed by atoms with van der Waals surface area (Å²) in [7, 11) is 0. The van der Waals surface area contributed by atoms with Gasteiger partial charge in [-0.3, -0.25) is 0 Å². The third-order valence-electron chi connectivity index (χ3n) is 12.9. The van der Waals surface area contributed by atoms with Gasteiger partial charge in [-0.2, -0.15) is 0 Å². The van der Waals surface area contributed by atoms with Gasteiger partial charge in [-0.05, 0) is 143 Å². The van der Waals surface area contributed by atoms with Gasteiger partial charge >= 0.3 is 0 Å². The molecule has 62 heavy (non-hydrogen) atoms. The van der Waals surface area contributed by atoms with Crippen LogP contribution in [0.4, 0.5) is 17.1 Å². The summed E-state index contributed by atoms with van der Waals surface area (Å²) in [4.78, 5) is 2.40. The molecule has 0 unspecified atom stereocenters. The molecule has 0 N–H and O–H groups in total. The first-order valence-corrected chi connectivity index (χ1v) is 21.6. The van der Waals surface area contributed by atoms with Crippen LogP contribution in [0.2, 0.25) is 0 Å². The summed E-state index contributed by atoms with van der Waals surface area (Å²) >= 11 is 0. The Balaban J connectivity index is 1.01. The zero-order valence-electron chi connectivity index (χ0n) is 35.0. The maximum absolute atomic E-state index is 2.41. The summed E-state index contributed by atoms with van der Waals surface area (Å²) in [5, 5.41) is 2.52. The highest BCUT2D eigenvalue weighted by Gasteiger charge is 2.35. The molecular weight excluding hydrogens is 747 g/mol. The molecule has 0 radical (unpaired) electrons. The highest BCUT2D eigenvalue weighted by molar-refractivity contribution is 5.97. The highest BCUT2D eigenvalue weighted by atomic mass is 15.1. The van der Waals surface area contributed by atoms with Gasteiger partial charge in [-0.25, -0.2) is 0 Å². The average Bonchev–Trinajstić information content (AvgIpc) is 3.57. The second kappa shape index (κ2) is 15.4. The van der Waals surface area contributed by atoms with Crippen LogP contribution < -0.4 is 4.90 Å². The molecule has 10 aromatic carbocycles. The minimum absolute atomic E-state index is 0.0533. The lowest BCUT2D eigenvalue weighted by molar-refractivity contribution is 0.660. The fourth-order valence-electron chi connectivity index (χ4n) is 9.62. The van der Waals surface area contributed by atoms with Crippen LogP contribution >= 0.6 is 0 Å². The second-order valence-electron chi connectivity index (χ2n) is 17.0. The van der Waals surface area contributed by atoms with E-state index in [-0.39, 0.29) is 5.41 Å². The van der Waals surface area contributed by atoms with E-state index in [0.29, 0.717) is 0 Å². The number of fused-ring (bicyclic) bond motifs is 4. The Kier molecular flexibility index (Phi) is 9.24. The van der Waals surface area contributed by atoms with Crippen molar-refractivity contribution in [2.24, 2.45) is 0 Å². The average molecular weight is 792 g/mol. The molecule has 0 bridgehead atoms. The summed E-state index contributed by atoms with van der Waals surface area (Å²) < 4.78 is 0. The molecule has 1 aliphatic carbocycles. The Morgan fingerprint density at radius 1 is 0.274 bits per heavy atom. The lowest BCUT2D eigenvalue weighted by atomic mass is 9.81. The largest absolute Gasteiger partial charge is 0.310 e. The molecular formula is C61H45N. The SMILES string of the molecule is CC1(C)c2ccccc2-c2ccc(-c3ccc(N(c4ccc(-c5cccc(-c6cccc7ccccc67)c5)cc4)c4cc(-c5ccccc5)cc(-c5ccccc5)c4)cc3)cc21. The number of rotatable bonds is 8. The molecule has 1 nitrogen and oxygen atoms in total. The van der Waals surface area contributed by atoms with E-state index in [1.165, 1.54) is 88.7 Å². The van der Waals surface area contributed by atoms with Gasteiger partial charge in [0, 0.05) is 22.5 Å². The molecule has 0 fully saturated rings. The second-order valence-corrected chi connectivity index (χ2v) is 17.0. The number of hydrogen-bond acceptors (Lipinski definition) is 1. The van der Waals surface area contributed by atoms with Gasteiger partial charge in [-0.1, -0.05) is 196 Å². The molecule has 0 aliphatic heterocycles. The van der Waals surface area contributed by atoms with E-state index in [0.717, 1.165) is 17.1 Å². The van der Waals surface area contributed by atoms with Crippen molar-refractivity contribution < 1.29 is 0 Å². The summed E-state index contributed by atoms with van der Waals surface area (Å²) in [6, 6.07) is 86.6. The third kappa shape index (κ3) is 6.69. The molecule has 0 aromatic heterocycles. The number of nitrogens with zero attached hydrogens (tertiary/aromatic N) is 1. The van der Waals surface area contributed by atoms with E-state index < -0.39 is 0 Å². The first-order valence-electron chi connectivity index (χ1n) is 21.6. The Morgan fingerprint density at radius 3 is 1.40 bits per heavy atom. The molecule has 10 aromatic rings. The number of anilines is 3. The molecule has 0 spiro atoms. The molecule has 11 rings (SSSR count). The van der Waals surface area contributed by atoms with Crippen molar-refractivity contribution in [3.8, 4) is 66.8 Å². The van der Waals surface area contributed by atoms with E-state index in [4.69, 9.17) is 0 Å². The van der Waals surface area contributed by atoms with Crippen LogP contribution in [0.3, 0.4) is 0 Å². The molecule has 1 heteroatoms. The minimum Gasteiger partial charge on any atom is -0.310 e. The first kappa shape index (κ1) is 37.3. The van der Waals surface area contributed by atoms with Crippen molar-refractivity contribution in [3.63, 3.8) is 0 Å². The van der Waals surface area contributed by atoms with Crippen LogP contribution in [0.15, 0.2) is 237 Å². The fraction of sp³-hybridized carbons (Fsp3) is 0.0492. The van der Waals surface area contributed by atoms with E-state index in [9.17, 15) is 0 Å². The lowest BCUT2D eigenvalue weighted by Gasteiger charge is -2.27. The highest BCUT2D eigenvalue weighted by Crippen LogP contribution is 2.50. The quantitative estimate of drug-likeness (QED) is 0.148. The van der Waals surface area contributed by atoms with Gasteiger partial charge in [0.25, 0.3) is 0 Å². The van der Waals surface area contributed by atoms with Crippen molar-refractivity contribution in [1.29, 1.82) is 0 Å². The van der Waals surface area contributed by atoms with Crippen LogP contribution in [0.25, 0.3) is 77.5 Å². The molecule has 0 saturated heterocycles. The maximum Gasteiger partial charge on any atom is 0.0473 e. The monoisotopic (exact) mass is 791 g/mol.